The summed E-state index contributed by atoms with van der Waals surface area (Å²) >= 11 is 6.09. The van der Waals surface area contributed by atoms with E-state index in [0.717, 1.165) is 16.5 Å². The fourth-order valence-electron chi connectivity index (χ4n) is 3.73. The van der Waals surface area contributed by atoms with E-state index in [1.54, 1.807) is 17.0 Å². The maximum absolute atomic E-state index is 13.4. The molecule has 1 aliphatic heterocycles. The monoisotopic (exact) mass is 417 g/mol. The third kappa shape index (κ3) is 3.66. The van der Waals surface area contributed by atoms with Crippen molar-refractivity contribution in [1.82, 2.24) is 4.90 Å². The van der Waals surface area contributed by atoms with Gasteiger partial charge in [0.1, 0.15) is 5.58 Å². The Kier molecular flexibility index (Phi) is 4.93. The first-order valence-electron chi connectivity index (χ1n) is 9.08. The van der Waals surface area contributed by atoms with Crippen LogP contribution in [0.4, 0.5) is 0 Å². The molecule has 1 saturated heterocycles. The number of carbonyl (C=O) groups excluding carboxylic acids is 1. The SMILES string of the molecule is Cc1c(C(=O)N(Cc2cccc(Cl)c2)[C@@H]2CCS(=O)(=O)C2)oc2ccccc12. The highest BCUT2D eigenvalue weighted by molar-refractivity contribution is 7.91. The number of rotatable bonds is 4. The Bertz CT molecular complexity index is 1150. The molecule has 3 aromatic rings. The minimum atomic E-state index is -3.14. The lowest BCUT2D eigenvalue weighted by molar-refractivity contribution is 0.0649. The van der Waals surface area contributed by atoms with Crippen LogP contribution in [0.15, 0.2) is 52.9 Å². The number of carbonyl (C=O) groups is 1. The number of sulfone groups is 1. The van der Waals surface area contributed by atoms with E-state index in [0.29, 0.717) is 17.0 Å². The normalized spacial score (nSPS) is 18.4. The second-order valence-electron chi connectivity index (χ2n) is 7.17. The van der Waals surface area contributed by atoms with Crippen molar-refractivity contribution in [2.24, 2.45) is 0 Å². The van der Waals surface area contributed by atoms with Crippen molar-refractivity contribution in [1.29, 1.82) is 0 Å². The summed E-state index contributed by atoms with van der Waals surface area (Å²) in [6.45, 7) is 2.12. The third-order valence-corrected chi connectivity index (χ3v) is 7.18. The minimum absolute atomic E-state index is 0.0292. The van der Waals surface area contributed by atoms with Gasteiger partial charge in [0, 0.05) is 28.6 Å². The highest BCUT2D eigenvalue weighted by atomic mass is 35.5. The zero-order valence-corrected chi connectivity index (χ0v) is 17.0. The molecule has 0 radical (unpaired) electrons. The van der Waals surface area contributed by atoms with Gasteiger partial charge < -0.3 is 9.32 Å². The van der Waals surface area contributed by atoms with Crippen molar-refractivity contribution < 1.29 is 17.6 Å². The van der Waals surface area contributed by atoms with Gasteiger partial charge in [0.15, 0.2) is 15.6 Å². The Morgan fingerprint density at radius 1 is 1.21 bits per heavy atom. The lowest BCUT2D eigenvalue weighted by atomic mass is 10.1. The van der Waals surface area contributed by atoms with Crippen LogP contribution in [0.2, 0.25) is 5.02 Å². The first-order chi connectivity index (χ1) is 13.3. The quantitative estimate of drug-likeness (QED) is 0.637. The first kappa shape index (κ1) is 19.0. The number of furan rings is 1. The first-order valence-corrected chi connectivity index (χ1v) is 11.3. The molecule has 4 rings (SSSR count). The summed E-state index contributed by atoms with van der Waals surface area (Å²) in [5.41, 5.74) is 2.25. The predicted molar refractivity (Wildman–Crippen MR) is 109 cm³/mol. The van der Waals surface area contributed by atoms with Gasteiger partial charge in [-0.3, -0.25) is 4.79 Å². The Balaban J connectivity index is 1.73. The fourth-order valence-corrected chi connectivity index (χ4v) is 5.67. The molecule has 0 spiro atoms. The minimum Gasteiger partial charge on any atom is -0.451 e. The Hall–Kier alpha value is -2.31. The molecule has 0 aliphatic carbocycles. The van der Waals surface area contributed by atoms with Gasteiger partial charge in [-0.2, -0.15) is 0 Å². The summed E-state index contributed by atoms with van der Waals surface area (Å²) in [7, 11) is -3.14. The van der Waals surface area contributed by atoms with Crippen LogP contribution in [0, 0.1) is 6.92 Å². The molecule has 1 fully saturated rings. The Labute approximate surface area is 168 Å². The lowest BCUT2D eigenvalue weighted by Gasteiger charge is -2.28. The molecule has 2 heterocycles. The number of nitrogens with zero attached hydrogens (tertiary/aromatic N) is 1. The molecule has 1 aromatic heterocycles. The van der Waals surface area contributed by atoms with Crippen LogP contribution in [-0.2, 0) is 16.4 Å². The number of fused-ring (bicyclic) bond motifs is 1. The summed E-state index contributed by atoms with van der Waals surface area (Å²) in [5, 5.41) is 1.46. The van der Waals surface area contributed by atoms with E-state index >= 15 is 0 Å². The van der Waals surface area contributed by atoms with E-state index in [-0.39, 0.29) is 35.8 Å². The molecule has 146 valence electrons. The Morgan fingerprint density at radius 3 is 2.68 bits per heavy atom. The molecule has 5 nitrogen and oxygen atoms in total. The van der Waals surface area contributed by atoms with Crippen LogP contribution in [0.5, 0.6) is 0 Å². The van der Waals surface area contributed by atoms with Gasteiger partial charge in [0.2, 0.25) is 0 Å². The van der Waals surface area contributed by atoms with E-state index < -0.39 is 9.84 Å². The topological polar surface area (TPSA) is 67.6 Å². The summed E-state index contributed by atoms with van der Waals surface area (Å²) in [6, 6.07) is 14.3. The van der Waals surface area contributed by atoms with Crippen molar-refractivity contribution >= 4 is 38.3 Å². The number of benzene rings is 2. The van der Waals surface area contributed by atoms with E-state index in [1.807, 2.05) is 43.3 Å². The third-order valence-electron chi connectivity index (χ3n) is 5.19. The molecular formula is C21H20ClNO4S. The number of hydrogen-bond donors (Lipinski definition) is 0. The van der Waals surface area contributed by atoms with Gasteiger partial charge in [-0.1, -0.05) is 41.9 Å². The van der Waals surface area contributed by atoms with Gasteiger partial charge >= 0.3 is 0 Å². The summed E-state index contributed by atoms with van der Waals surface area (Å²) in [6.07, 6.45) is 0.425. The predicted octanol–water partition coefficient (Wildman–Crippen LogP) is 4.22. The molecule has 1 amide bonds. The number of halogens is 1. The second-order valence-corrected chi connectivity index (χ2v) is 9.84. The van der Waals surface area contributed by atoms with Gasteiger partial charge in [0.05, 0.1) is 11.5 Å². The number of hydrogen-bond acceptors (Lipinski definition) is 4. The fraction of sp³-hybridized carbons (Fsp3) is 0.286. The number of aryl methyl sites for hydroxylation is 1. The van der Waals surface area contributed by atoms with E-state index in [1.165, 1.54) is 0 Å². The van der Waals surface area contributed by atoms with Crippen LogP contribution in [0.1, 0.15) is 28.1 Å². The summed E-state index contributed by atoms with van der Waals surface area (Å²) in [4.78, 5) is 15.0. The van der Waals surface area contributed by atoms with Crippen molar-refractivity contribution in [3.05, 3.63) is 70.4 Å². The standard InChI is InChI=1S/C21H20ClNO4S/c1-14-18-7-2-3-8-19(18)27-20(14)21(24)23(17-9-10-28(25,26)13-17)12-15-5-4-6-16(22)11-15/h2-8,11,17H,9-10,12-13H2,1H3/t17-/m1/s1. The molecule has 0 N–H and O–H groups in total. The second kappa shape index (κ2) is 7.26. The summed E-state index contributed by atoms with van der Waals surface area (Å²) < 4.78 is 29.9. The smallest absolute Gasteiger partial charge is 0.290 e. The van der Waals surface area contributed by atoms with E-state index in [9.17, 15) is 13.2 Å². The average molecular weight is 418 g/mol. The zero-order chi connectivity index (χ0) is 19.9. The van der Waals surface area contributed by atoms with Gasteiger partial charge in [-0.25, -0.2) is 8.42 Å². The average Bonchev–Trinajstić information content (AvgIpc) is 3.19. The maximum atomic E-state index is 13.4. The van der Waals surface area contributed by atoms with E-state index in [4.69, 9.17) is 16.0 Å². The molecule has 0 saturated carbocycles. The van der Waals surface area contributed by atoms with Crippen LogP contribution >= 0.6 is 11.6 Å². The van der Waals surface area contributed by atoms with Gasteiger partial charge in [-0.15, -0.1) is 0 Å². The van der Waals surface area contributed by atoms with Crippen LogP contribution < -0.4 is 0 Å². The maximum Gasteiger partial charge on any atom is 0.290 e. The number of amides is 1. The van der Waals surface area contributed by atoms with Crippen molar-refractivity contribution in [2.75, 3.05) is 11.5 Å². The van der Waals surface area contributed by atoms with Crippen LogP contribution in [0.25, 0.3) is 11.0 Å². The van der Waals surface area contributed by atoms with Crippen molar-refractivity contribution in [3.8, 4) is 0 Å². The number of para-hydroxylation sites is 1. The summed E-state index contributed by atoms with van der Waals surface area (Å²) in [5.74, 6) is 0.0256. The van der Waals surface area contributed by atoms with E-state index in [2.05, 4.69) is 0 Å². The molecule has 0 bridgehead atoms. The van der Waals surface area contributed by atoms with Crippen molar-refractivity contribution in [2.45, 2.75) is 25.9 Å². The van der Waals surface area contributed by atoms with Crippen LogP contribution in [-0.4, -0.2) is 36.8 Å². The van der Waals surface area contributed by atoms with Gasteiger partial charge in [-0.05, 0) is 37.1 Å². The molecule has 2 aromatic carbocycles. The molecule has 1 atom stereocenters. The Morgan fingerprint density at radius 2 is 2.00 bits per heavy atom. The molecule has 1 aliphatic rings. The molecule has 7 heteroatoms. The van der Waals surface area contributed by atoms with Gasteiger partial charge in [0.25, 0.3) is 5.91 Å². The lowest BCUT2D eigenvalue weighted by Crippen LogP contribution is -2.40. The molecule has 28 heavy (non-hydrogen) atoms. The highest BCUT2D eigenvalue weighted by Gasteiger charge is 2.36. The zero-order valence-electron chi connectivity index (χ0n) is 15.4. The molecule has 0 unspecified atom stereocenters. The largest absolute Gasteiger partial charge is 0.451 e. The van der Waals surface area contributed by atoms with Crippen molar-refractivity contribution in [3.63, 3.8) is 0 Å². The molecular weight excluding hydrogens is 398 g/mol. The highest BCUT2D eigenvalue weighted by Crippen LogP contribution is 2.29. The van der Waals surface area contributed by atoms with Crippen LogP contribution in [0.3, 0.4) is 0 Å².